The van der Waals surface area contributed by atoms with Crippen LogP contribution in [0.4, 0.5) is 0 Å². The van der Waals surface area contributed by atoms with E-state index in [1.165, 1.54) is 0 Å². The van der Waals surface area contributed by atoms with E-state index in [0.29, 0.717) is 5.75 Å². The van der Waals surface area contributed by atoms with Gasteiger partial charge in [0, 0.05) is 5.39 Å². The number of fused-ring (bicyclic) bond motifs is 1. The average molecular weight is 384 g/mol. The Morgan fingerprint density at radius 3 is 2.56 bits per heavy atom. The van der Waals surface area contributed by atoms with Gasteiger partial charge in [0.1, 0.15) is 11.8 Å². The first-order chi connectivity index (χ1) is 11.8. The molecule has 0 spiro atoms. The molecule has 0 aromatic heterocycles. The zero-order valence-corrected chi connectivity index (χ0v) is 16.2. The van der Waals surface area contributed by atoms with Crippen LogP contribution < -0.4 is 9.82 Å². The monoisotopic (exact) mass is 383 g/mol. The average Bonchev–Trinajstić information content (AvgIpc) is 2.54. The van der Waals surface area contributed by atoms with Crippen molar-refractivity contribution >= 4 is 34.6 Å². The highest BCUT2D eigenvalue weighted by Gasteiger charge is 2.26. The fourth-order valence-electron chi connectivity index (χ4n) is 2.34. The van der Waals surface area contributed by atoms with Crippen LogP contribution in [0.3, 0.4) is 0 Å². The zero-order valence-electron chi connectivity index (χ0n) is 14.6. The van der Waals surface area contributed by atoms with Crippen molar-refractivity contribution in [3.05, 3.63) is 42.5 Å². The van der Waals surface area contributed by atoms with E-state index in [-0.39, 0.29) is 18.9 Å². The molecule has 136 valence electrons. The molecule has 0 aliphatic rings. The maximum absolute atomic E-state index is 12.4. The Labute approximate surface area is 152 Å². The highest BCUT2D eigenvalue weighted by Crippen LogP contribution is 2.47. The second-order valence-electron chi connectivity index (χ2n) is 6.04. The van der Waals surface area contributed by atoms with Crippen LogP contribution in [-0.2, 0) is 14.1 Å². The number of ether oxygens (including phenoxy) is 2. The summed E-state index contributed by atoms with van der Waals surface area (Å²) < 4.78 is 23.3. The first-order valence-corrected chi connectivity index (χ1v) is 11.0. The second kappa shape index (κ2) is 8.70. The molecule has 0 aliphatic heterocycles. The van der Waals surface area contributed by atoms with Gasteiger partial charge in [-0.1, -0.05) is 36.4 Å². The maximum Gasteiger partial charge on any atom is 0.323 e. The molecule has 0 amide bonds. The molecule has 0 saturated heterocycles. The van der Waals surface area contributed by atoms with Gasteiger partial charge in [-0.15, -0.1) is 0 Å². The van der Waals surface area contributed by atoms with Crippen molar-refractivity contribution in [3.63, 3.8) is 0 Å². The number of esters is 1. The number of carbonyl (C=O) groups is 1. The predicted molar refractivity (Wildman–Crippen MR) is 102 cm³/mol. The van der Waals surface area contributed by atoms with E-state index in [1.54, 1.807) is 20.8 Å². The summed E-state index contributed by atoms with van der Waals surface area (Å²) in [6.07, 6.45) is -0.141. The number of nitrogens with one attached hydrogen (secondary N) is 1. The third-order valence-corrected chi connectivity index (χ3v) is 5.81. The Bertz CT molecular complexity index is 775. The highest BCUT2D eigenvalue weighted by atomic mass is 35.7. The molecule has 0 fully saturated rings. The van der Waals surface area contributed by atoms with Crippen LogP contribution in [0.5, 0.6) is 5.75 Å². The SMILES string of the molecule is CC(C)OC(=O)[C@H](C)NP(=O)(Cl)CCOc1cccc2ccccc12. The molecule has 25 heavy (non-hydrogen) atoms. The molecular weight excluding hydrogens is 361 g/mol. The van der Waals surface area contributed by atoms with Crippen LogP contribution >= 0.6 is 17.9 Å². The molecule has 2 rings (SSSR count). The van der Waals surface area contributed by atoms with Gasteiger partial charge in [-0.3, -0.25) is 9.36 Å². The number of hydrogen-bond acceptors (Lipinski definition) is 4. The molecule has 1 unspecified atom stereocenters. The summed E-state index contributed by atoms with van der Waals surface area (Å²) >= 11 is 6.05. The van der Waals surface area contributed by atoms with Crippen molar-refractivity contribution < 1.29 is 18.8 Å². The van der Waals surface area contributed by atoms with Crippen LogP contribution in [0.15, 0.2) is 42.5 Å². The van der Waals surface area contributed by atoms with Gasteiger partial charge >= 0.3 is 5.97 Å². The van der Waals surface area contributed by atoms with Crippen molar-refractivity contribution in [2.24, 2.45) is 0 Å². The van der Waals surface area contributed by atoms with Crippen molar-refractivity contribution in [2.75, 3.05) is 12.8 Å². The van der Waals surface area contributed by atoms with Crippen LogP contribution in [0, 0.1) is 0 Å². The lowest BCUT2D eigenvalue weighted by molar-refractivity contribution is -0.148. The summed E-state index contributed by atoms with van der Waals surface area (Å²) in [4.78, 5) is 11.8. The molecule has 2 aromatic carbocycles. The summed E-state index contributed by atoms with van der Waals surface area (Å²) in [6.45, 7) is 2.01. The summed E-state index contributed by atoms with van der Waals surface area (Å²) in [5, 5.41) is 4.70. The van der Waals surface area contributed by atoms with Gasteiger partial charge in [-0.2, -0.15) is 0 Å². The maximum atomic E-state index is 12.4. The molecule has 0 heterocycles. The van der Waals surface area contributed by atoms with Crippen LogP contribution in [0.1, 0.15) is 20.8 Å². The van der Waals surface area contributed by atoms with Gasteiger partial charge in [0.2, 0.25) is 6.65 Å². The standard InChI is InChI=1S/C18H23ClNO4P/c1-13(2)24-18(21)14(3)20-25(19,22)12-11-23-17-10-6-8-15-7-4-5-9-16(15)17/h4-10,13-14H,11-12H2,1-3H3,(H,20,22)/t14-,25?/m0/s1. The molecule has 1 N–H and O–H groups in total. The van der Waals surface area contributed by atoms with Crippen molar-refractivity contribution in [3.8, 4) is 5.75 Å². The van der Waals surface area contributed by atoms with Gasteiger partial charge < -0.3 is 9.47 Å². The van der Waals surface area contributed by atoms with Gasteiger partial charge in [0.15, 0.2) is 0 Å². The lowest BCUT2D eigenvalue weighted by Gasteiger charge is -2.19. The first-order valence-electron chi connectivity index (χ1n) is 8.16. The molecule has 0 radical (unpaired) electrons. The van der Waals surface area contributed by atoms with Crippen molar-refractivity contribution in [1.82, 2.24) is 5.09 Å². The van der Waals surface area contributed by atoms with Crippen LogP contribution in [-0.4, -0.2) is 30.9 Å². The lowest BCUT2D eigenvalue weighted by Crippen LogP contribution is -2.34. The van der Waals surface area contributed by atoms with E-state index in [0.717, 1.165) is 10.8 Å². The Kier molecular flexibility index (Phi) is 6.88. The van der Waals surface area contributed by atoms with Gasteiger partial charge in [0.05, 0.1) is 18.9 Å². The summed E-state index contributed by atoms with van der Waals surface area (Å²) in [6, 6.07) is 12.9. The molecule has 2 aromatic rings. The molecule has 7 heteroatoms. The van der Waals surface area contributed by atoms with E-state index in [4.69, 9.17) is 20.7 Å². The Balaban J connectivity index is 1.91. The minimum Gasteiger partial charge on any atom is -0.492 e. The van der Waals surface area contributed by atoms with E-state index in [1.807, 2.05) is 42.5 Å². The minimum absolute atomic E-state index is 0.0943. The van der Waals surface area contributed by atoms with Gasteiger partial charge in [0.25, 0.3) is 0 Å². The molecule has 0 saturated carbocycles. The molecular formula is C18H23ClNO4P. The Hall–Kier alpha value is -1.55. The van der Waals surface area contributed by atoms with Crippen molar-refractivity contribution in [1.29, 1.82) is 0 Å². The molecule has 0 bridgehead atoms. The van der Waals surface area contributed by atoms with E-state index in [2.05, 4.69) is 5.09 Å². The van der Waals surface area contributed by atoms with E-state index >= 15 is 0 Å². The third-order valence-electron chi connectivity index (χ3n) is 3.48. The highest BCUT2D eigenvalue weighted by molar-refractivity contribution is 7.87. The molecule has 5 nitrogen and oxygen atoms in total. The normalized spacial score (nSPS) is 14.9. The van der Waals surface area contributed by atoms with Crippen molar-refractivity contribution in [2.45, 2.75) is 32.9 Å². The first kappa shape index (κ1) is 19.8. The fourth-order valence-corrected chi connectivity index (χ4v) is 4.12. The second-order valence-corrected chi connectivity index (χ2v) is 9.68. The third kappa shape index (κ3) is 6.03. The van der Waals surface area contributed by atoms with E-state index in [9.17, 15) is 9.36 Å². The fraction of sp³-hybridized carbons (Fsp3) is 0.389. The summed E-state index contributed by atoms with van der Waals surface area (Å²) in [7, 11) is 0. The number of hydrogen-bond donors (Lipinski definition) is 1. The largest absolute Gasteiger partial charge is 0.492 e. The Morgan fingerprint density at radius 1 is 1.16 bits per heavy atom. The van der Waals surface area contributed by atoms with E-state index < -0.39 is 18.7 Å². The molecule has 2 atom stereocenters. The topological polar surface area (TPSA) is 64.6 Å². The minimum atomic E-state index is -3.25. The Morgan fingerprint density at radius 2 is 1.84 bits per heavy atom. The van der Waals surface area contributed by atoms with Gasteiger partial charge in [-0.05, 0) is 43.5 Å². The number of rotatable bonds is 8. The summed E-state index contributed by atoms with van der Waals surface area (Å²) in [5.41, 5.74) is 0. The lowest BCUT2D eigenvalue weighted by atomic mass is 10.1. The number of carbonyl (C=O) groups excluding carboxylic acids is 1. The smallest absolute Gasteiger partial charge is 0.323 e. The molecule has 0 aliphatic carbocycles. The zero-order chi connectivity index (χ0) is 18.4. The number of benzene rings is 2. The summed E-state index contributed by atoms with van der Waals surface area (Å²) in [5.74, 6) is 0.230. The quantitative estimate of drug-likeness (QED) is 0.534. The van der Waals surface area contributed by atoms with Crippen LogP contribution in [0.2, 0.25) is 0 Å². The van der Waals surface area contributed by atoms with Gasteiger partial charge in [-0.25, -0.2) is 5.09 Å². The van der Waals surface area contributed by atoms with Crippen LogP contribution in [0.25, 0.3) is 10.8 Å². The number of halogens is 1. The predicted octanol–water partition coefficient (Wildman–Crippen LogP) is 4.58.